The van der Waals surface area contributed by atoms with E-state index in [2.05, 4.69) is 5.32 Å². The van der Waals surface area contributed by atoms with E-state index >= 15 is 0 Å². The summed E-state index contributed by atoms with van der Waals surface area (Å²) in [5.74, 6) is -1.13. The molecule has 3 rings (SSSR count). The van der Waals surface area contributed by atoms with E-state index in [-0.39, 0.29) is 41.6 Å². The molecule has 1 heterocycles. The molecule has 1 saturated heterocycles. The summed E-state index contributed by atoms with van der Waals surface area (Å²) in [4.78, 5) is 40.4. The second-order valence-corrected chi connectivity index (χ2v) is 12.2. The number of hydrogen-bond acceptors (Lipinski definition) is 5. The SMILES string of the molecule is CC(C)C(=O)O[C@H]1CC[C@@H](C(=O)N[C@@H](C(=O)N2CC[C@@](O)(c3ccc(Cl)cc3)C(C)(C)C2)C(C)C)C1. The summed E-state index contributed by atoms with van der Waals surface area (Å²) < 4.78 is 5.51. The molecule has 0 radical (unpaired) electrons. The molecule has 7 nitrogen and oxygen atoms in total. The molecule has 0 bridgehead atoms. The molecular formula is C28H41ClN2O5. The van der Waals surface area contributed by atoms with Gasteiger partial charge in [-0.3, -0.25) is 14.4 Å². The van der Waals surface area contributed by atoms with E-state index in [4.69, 9.17) is 16.3 Å². The van der Waals surface area contributed by atoms with Crippen LogP contribution in [0.2, 0.25) is 5.02 Å². The summed E-state index contributed by atoms with van der Waals surface area (Å²) in [5.41, 5.74) is -0.928. The number of halogens is 1. The highest BCUT2D eigenvalue weighted by atomic mass is 35.5. The zero-order valence-electron chi connectivity index (χ0n) is 22.3. The van der Waals surface area contributed by atoms with E-state index in [0.29, 0.717) is 43.8 Å². The second-order valence-electron chi connectivity index (χ2n) is 11.7. The number of piperidine rings is 1. The van der Waals surface area contributed by atoms with Gasteiger partial charge in [0.05, 0.1) is 11.5 Å². The van der Waals surface area contributed by atoms with Gasteiger partial charge in [0.1, 0.15) is 12.1 Å². The van der Waals surface area contributed by atoms with Gasteiger partial charge in [0.25, 0.3) is 0 Å². The van der Waals surface area contributed by atoms with Gasteiger partial charge in [-0.15, -0.1) is 0 Å². The minimum atomic E-state index is -1.10. The van der Waals surface area contributed by atoms with E-state index < -0.39 is 17.1 Å². The number of aliphatic hydroxyl groups is 1. The molecule has 200 valence electrons. The molecule has 0 unspecified atom stereocenters. The zero-order valence-corrected chi connectivity index (χ0v) is 23.1. The Labute approximate surface area is 219 Å². The maximum Gasteiger partial charge on any atom is 0.308 e. The Balaban J connectivity index is 1.65. The number of rotatable bonds is 7. The van der Waals surface area contributed by atoms with E-state index in [1.165, 1.54) is 0 Å². The first-order chi connectivity index (χ1) is 16.7. The first kappa shape index (κ1) is 28.5. The number of hydrogen-bond donors (Lipinski definition) is 2. The van der Waals surface area contributed by atoms with Gasteiger partial charge >= 0.3 is 5.97 Å². The fourth-order valence-corrected chi connectivity index (χ4v) is 5.46. The van der Waals surface area contributed by atoms with Crippen molar-refractivity contribution in [3.8, 4) is 0 Å². The number of benzene rings is 1. The fraction of sp³-hybridized carbons (Fsp3) is 0.679. The van der Waals surface area contributed by atoms with Crippen molar-refractivity contribution in [2.75, 3.05) is 13.1 Å². The minimum absolute atomic E-state index is 0.0994. The highest BCUT2D eigenvalue weighted by Gasteiger charge is 2.50. The van der Waals surface area contributed by atoms with Gasteiger partial charge in [0.2, 0.25) is 11.8 Å². The Hall–Kier alpha value is -2.12. The predicted octanol–water partition coefficient (Wildman–Crippen LogP) is 4.29. The molecule has 4 atom stereocenters. The van der Waals surface area contributed by atoms with Crippen LogP contribution in [0.5, 0.6) is 0 Å². The van der Waals surface area contributed by atoms with Crippen LogP contribution >= 0.6 is 11.6 Å². The van der Waals surface area contributed by atoms with Gasteiger partial charge < -0.3 is 20.1 Å². The summed E-state index contributed by atoms with van der Waals surface area (Å²) in [6.07, 6.45) is 1.90. The number of nitrogens with one attached hydrogen (secondary N) is 1. The lowest BCUT2D eigenvalue weighted by atomic mass is 9.66. The molecule has 0 aromatic heterocycles. The van der Waals surface area contributed by atoms with Crippen LogP contribution < -0.4 is 5.32 Å². The van der Waals surface area contributed by atoms with Crippen LogP contribution in [0.4, 0.5) is 0 Å². The van der Waals surface area contributed by atoms with E-state index in [0.717, 1.165) is 5.56 Å². The van der Waals surface area contributed by atoms with E-state index in [9.17, 15) is 19.5 Å². The Morgan fingerprint density at radius 2 is 1.75 bits per heavy atom. The molecule has 2 fully saturated rings. The third-order valence-corrected chi connectivity index (χ3v) is 8.07. The van der Waals surface area contributed by atoms with Gasteiger partial charge in [-0.1, -0.05) is 65.3 Å². The Morgan fingerprint density at radius 3 is 2.31 bits per heavy atom. The van der Waals surface area contributed by atoms with Crippen molar-refractivity contribution in [3.63, 3.8) is 0 Å². The number of nitrogens with zero attached hydrogens (tertiary/aromatic N) is 1. The Morgan fingerprint density at radius 1 is 1.11 bits per heavy atom. The van der Waals surface area contributed by atoms with E-state index in [1.807, 2.05) is 39.8 Å². The lowest BCUT2D eigenvalue weighted by Gasteiger charge is -2.51. The highest BCUT2D eigenvalue weighted by molar-refractivity contribution is 6.30. The third kappa shape index (κ3) is 6.05. The van der Waals surface area contributed by atoms with Crippen molar-refractivity contribution in [2.45, 2.75) is 85.0 Å². The third-order valence-electron chi connectivity index (χ3n) is 7.82. The Kier molecular flexibility index (Phi) is 8.77. The first-order valence-corrected chi connectivity index (χ1v) is 13.4. The standard InChI is InChI=1S/C28H41ClN2O5/c1-17(2)23(30-24(32)19-7-12-22(15-19)36-26(34)18(3)4)25(33)31-14-13-28(35,27(5,6)16-31)20-8-10-21(29)11-9-20/h8-11,17-19,22-23,35H,7,12-16H2,1-6H3,(H,30,32)/t19-,22+,23-,28-/m1/s1. The van der Waals surface area contributed by atoms with Gasteiger partial charge in [0.15, 0.2) is 0 Å². The summed E-state index contributed by atoms with van der Waals surface area (Å²) in [6, 6.07) is 6.55. The molecule has 1 aliphatic carbocycles. The number of likely N-dealkylation sites (tertiary alicyclic amines) is 1. The van der Waals surface area contributed by atoms with Crippen LogP contribution in [0.3, 0.4) is 0 Å². The molecule has 1 aromatic rings. The number of amides is 2. The number of esters is 1. The maximum absolute atomic E-state index is 13.6. The van der Waals surface area contributed by atoms with Gasteiger partial charge in [-0.2, -0.15) is 0 Å². The average Bonchev–Trinajstić information content (AvgIpc) is 3.27. The summed E-state index contributed by atoms with van der Waals surface area (Å²) in [5, 5.41) is 15.2. The maximum atomic E-state index is 13.6. The molecule has 1 aliphatic heterocycles. The average molecular weight is 521 g/mol. The molecule has 1 saturated carbocycles. The number of carbonyl (C=O) groups excluding carboxylic acids is 3. The monoisotopic (exact) mass is 520 g/mol. The number of carbonyl (C=O) groups is 3. The normalized spacial score (nSPS) is 26.7. The lowest BCUT2D eigenvalue weighted by molar-refractivity contribution is -0.157. The largest absolute Gasteiger partial charge is 0.462 e. The van der Waals surface area contributed by atoms with Crippen LogP contribution in [-0.4, -0.2) is 53.0 Å². The summed E-state index contributed by atoms with van der Waals surface area (Å²) in [6.45, 7) is 12.1. The molecule has 2 aliphatic rings. The number of ether oxygens (including phenoxy) is 1. The van der Waals surface area contributed by atoms with Crippen molar-refractivity contribution in [2.24, 2.45) is 23.2 Å². The molecule has 2 amide bonds. The summed E-state index contributed by atoms with van der Waals surface area (Å²) >= 11 is 6.04. The zero-order chi connectivity index (χ0) is 26.8. The van der Waals surface area contributed by atoms with Crippen LogP contribution in [0.25, 0.3) is 0 Å². The van der Waals surface area contributed by atoms with Gasteiger partial charge in [-0.05, 0) is 49.3 Å². The molecule has 1 aromatic carbocycles. The fourth-order valence-electron chi connectivity index (χ4n) is 5.34. The van der Waals surface area contributed by atoms with Crippen LogP contribution in [0.15, 0.2) is 24.3 Å². The molecule has 8 heteroatoms. The molecule has 0 spiro atoms. The lowest BCUT2D eigenvalue weighted by Crippen LogP contribution is -2.60. The minimum Gasteiger partial charge on any atom is -0.462 e. The molecule has 36 heavy (non-hydrogen) atoms. The smallest absolute Gasteiger partial charge is 0.308 e. The van der Waals surface area contributed by atoms with Crippen LogP contribution in [-0.2, 0) is 24.7 Å². The van der Waals surface area contributed by atoms with Crippen molar-refractivity contribution >= 4 is 29.4 Å². The quantitative estimate of drug-likeness (QED) is 0.523. The van der Waals surface area contributed by atoms with Crippen LogP contribution in [0.1, 0.15) is 72.8 Å². The first-order valence-electron chi connectivity index (χ1n) is 13.0. The highest BCUT2D eigenvalue weighted by Crippen LogP contribution is 2.46. The van der Waals surface area contributed by atoms with E-state index in [1.54, 1.807) is 30.9 Å². The van der Waals surface area contributed by atoms with Crippen LogP contribution in [0, 0.1) is 23.2 Å². The van der Waals surface area contributed by atoms with Crippen molar-refractivity contribution < 1.29 is 24.2 Å². The Bertz CT molecular complexity index is 961. The van der Waals surface area contributed by atoms with Crippen molar-refractivity contribution in [1.29, 1.82) is 0 Å². The van der Waals surface area contributed by atoms with Crippen molar-refractivity contribution in [1.82, 2.24) is 10.2 Å². The molecular weight excluding hydrogens is 480 g/mol. The second kappa shape index (κ2) is 11.1. The van der Waals surface area contributed by atoms with Gasteiger partial charge in [0, 0.05) is 29.4 Å². The van der Waals surface area contributed by atoms with Gasteiger partial charge in [-0.25, -0.2) is 0 Å². The van der Waals surface area contributed by atoms with Crippen molar-refractivity contribution in [3.05, 3.63) is 34.9 Å². The topological polar surface area (TPSA) is 95.9 Å². The summed E-state index contributed by atoms with van der Waals surface area (Å²) in [7, 11) is 0. The predicted molar refractivity (Wildman–Crippen MR) is 139 cm³/mol. The molecule has 2 N–H and O–H groups in total.